The fourth-order valence-corrected chi connectivity index (χ4v) is 7.16. The first-order valence-corrected chi connectivity index (χ1v) is 20.0. The minimum Gasteiger partial charge on any atom is -0.494 e. The van der Waals surface area contributed by atoms with E-state index >= 15 is 4.39 Å². The van der Waals surface area contributed by atoms with Crippen LogP contribution >= 0.6 is 11.8 Å². The number of aryl methyl sites for hydroxylation is 1. The highest BCUT2D eigenvalue weighted by atomic mass is 32.2. The summed E-state index contributed by atoms with van der Waals surface area (Å²) >= 11 is 1.49. The van der Waals surface area contributed by atoms with Crippen molar-refractivity contribution in [2.75, 3.05) is 25.1 Å². The molecule has 6 aromatic rings. The fourth-order valence-electron chi connectivity index (χ4n) is 5.27. The molecule has 0 fully saturated rings. The highest BCUT2D eigenvalue weighted by Gasteiger charge is 2.24. The molecule has 6 rings (SSSR count). The molecule has 0 amide bonds. The Morgan fingerprint density at radius 1 is 0.942 bits per heavy atom. The summed E-state index contributed by atoms with van der Waals surface area (Å²) in [5.41, 5.74) is 1.88. The van der Waals surface area contributed by atoms with Crippen LogP contribution in [-0.4, -0.2) is 58.6 Å². The Hall–Kier alpha value is -4.85. The summed E-state index contributed by atoms with van der Waals surface area (Å²) in [4.78, 5) is 20.1. The van der Waals surface area contributed by atoms with Gasteiger partial charge in [-0.2, -0.15) is 5.10 Å². The maximum atomic E-state index is 15.9. The van der Waals surface area contributed by atoms with Crippen LogP contribution in [0.15, 0.2) is 95.0 Å². The Morgan fingerprint density at radius 2 is 1.73 bits per heavy atom. The molecule has 3 aromatic heterocycles. The molecule has 0 saturated carbocycles. The predicted octanol–water partition coefficient (Wildman–Crippen LogP) is 9.28. The molecule has 0 aliphatic rings. The summed E-state index contributed by atoms with van der Waals surface area (Å²) in [5.74, 6) is 2.60. The predicted molar refractivity (Wildman–Crippen MR) is 205 cm³/mol. The Morgan fingerprint density at radius 3 is 2.50 bits per heavy atom. The van der Waals surface area contributed by atoms with Crippen molar-refractivity contribution in [3.63, 3.8) is 0 Å². The highest BCUT2D eigenvalue weighted by molar-refractivity contribution is 7.99. The second-order valence-corrected chi connectivity index (χ2v) is 17.1. The van der Waals surface area contributed by atoms with Crippen molar-refractivity contribution < 1.29 is 18.3 Å². The van der Waals surface area contributed by atoms with Gasteiger partial charge in [0.25, 0.3) is 0 Å². The number of ether oxygens (including phenoxy) is 2. The zero-order chi connectivity index (χ0) is 36.7. The van der Waals surface area contributed by atoms with Crippen molar-refractivity contribution in [3.05, 3.63) is 102 Å². The van der Waals surface area contributed by atoms with Crippen LogP contribution in [0, 0.1) is 12.7 Å². The van der Waals surface area contributed by atoms with Crippen molar-refractivity contribution >= 4 is 43.3 Å². The van der Waals surface area contributed by atoms with Gasteiger partial charge in [-0.25, -0.2) is 24.3 Å². The lowest BCUT2D eigenvalue weighted by molar-refractivity contribution is 0.242. The van der Waals surface area contributed by atoms with Crippen molar-refractivity contribution in [1.29, 1.82) is 0 Å². The molecular weight excluding hydrogens is 694 g/mol. The molecule has 3 heterocycles. The molecule has 0 aliphatic heterocycles. The SMILES string of the molecule is CCOc1cc(F)c(Cn2nc(-c3ncc(OCCCO[Si](C)C(C)(C)C)c(Nc4ccnc(C)n4)n3)c3ccccc32)c(Sc2ccccc2)c1. The topological polar surface area (TPSA) is 109 Å². The van der Waals surface area contributed by atoms with Crippen LogP contribution in [0.3, 0.4) is 0 Å². The largest absolute Gasteiger partial charge is 0.494 e. The van der Waals surface area contributed by atoms with Gasteiger partial charge in [-0.1, -0.05) is 68.9 Å². The summed E-state index contributed by atoms with van der Waals surface area (Å²) in [7, 11) is -0.940. The molecule has 1 N–H and O–H groups in total. The van der Waals surface area contributed by atoms with Crippen molar-refractivity contribution in [1.82, 2.24) is 29.7 Å². The van der Waals surface area contributed by atoms with Crippen LogP contribution < -0.4 is 14.8 Å². The normalized spacial score (nSPS) is 11.7. The minimum absolute atomic E-state index is 0.158. The lowest BCUT2D eigenvalue weighted by Gasteiger charge is -2.24. The van der Waals surface area contributed by atoms with Crippen LogP contribution in [0.2, 0.25) is 11.6 Å². The number of benzene rings is 3. The average Bonchev–Trinajstić information content (AvgIpc) is 3.48. The number of fused-ring (bicyclic) bond motifs is 1. The third kappa shape index (κ3) is 9.13. The van der Waals surface area contributed by atoms with Crippen LogP contribution in [0.1, 0.15) is 45.5 Å². The molecule has 0 saturated heterocycles. The third-order valence-corrected chi connectivity index (χ3v) is 12.1. The number of hydrogen-bond donors (Lipinski definition) is 1. The van der Waals surface area contributed by atoms with E-state index in [2.05, 4.69) is 42.6 Å². The number of rotatable bonds is 15. The Balaban J connectivity index is 1.33. The number of halogens is 1. The molecule has 0 spiro atoms. The van der Waals surface area contributed by atoms with E-state index in [1.54, 1.807) is 23.1 Å². The average molecular weight is 737 g/mol. The van der Waals surface area contributed by atoms with Gasteiger partial charge in [0.05, 0.1) is 31.5 Å². The van der Waals surface area contributed by atoms with E-state index in [4.69, 9.17) is 29.0 Å². The molecule has 13 heteroatoms. The molecule has 269 valence electrons. The van der Waals surface area contributed by atoms with Gasteiger partial charge >= 0.3 is 0 Å². The standard InChI is InChI=1S/C39H43FN7O3SSi/c1-7-48-27-22-31(40)30(34(23-27)51-28-14-9-8-10-15-28)25-47-32-17-12-11-16-29(32)36(46-47)38-42-24-33(49-20-13-21-50-52(6)39(3,4)5)37(45-38)44-35-18-19-41-26(2)43-35/h8-12,14-19,22-24H,7,13,20-21,25H2,1-6H3,(H,41,42,43,44,45). The molecule has 52 heavy (non-hydrogen) atoms. The first-order valence-electron chi connectivity index (χ1n) is 17.3. The summed E-state index contributed by atoms with van der Waals surface area (Å²) < 4.78 is 35.8. The molecular formula is C39H43FN7O3SSi. The number of para-hydroxylation sites is 1. The monoisotopic (exact) mass is 736 g/mol. The first kappa shape index (κ1) is 36.9. The zero-order valence-corrected chi connectivity index (χ0v) is 32.1. The number of nitrogens with one attached hydrogen (secondary N) is 1. The van der Waals surface area contributed by atoms with E-state index in [0.29, 0.717) is 72.3 Å². The van der Waals surface area contributed by atoms with E-state index < -0.39 is 9.04 Å². The van der Waals surface area contributed by atoms with Crippen molar-refractivity contribution in [2.45, 2.75) is 69.0 Å². The summed E-state index contributed by atoms with van der Waals surface area (Å²) in [6.07, 6.45) is 4.05. The van der Waals surface area contributed by atoms with Gasteiger partial charge in [0.2, 0.25) is 9.04 Å². The number of hydrogen-bond acceptors (Lipinski definition) is 10. The van der Waals surface area contributed by atoms with Gasteiger partial charge in [0.15, 0.2) is 17.4 Å². The highest BCUT2D eigenvalue weighted by Crippen LogP contribution is 2.37. The smallest absolute Gasteiger partial charge is 0.213 e. The quantitative estimate of drug-likeness (QED) is 0.0810. The molecule has 1 radical (unpaired) electrons. The lowest BCUT2D eigenvalue weighted by atomic mass is 10.1. The van der Waals surface area contributed by atoms with Crippen molar-refractivity contribution in [2.24, 2.45) is 0 Å². The summed E-state index contributed by atoms with van der Waals surface area (Å²) in [5, 5.41) is 9.28. The second-order valence-electron chi connectivity index (χ2n) is 13.1. The van der Waals surface area contributed by atoms with Gasteiger partial charge in [0.1, 0.15) is 28.9 Å². The van der Waals surface area contributed by atoms with E-state index in [9.17, 15) is 0 Å². The Kier molecular flexibility index (Phi) is 11.8. The van der Waals surface area contributed by atoms with E-state index in [1.807, 2.05) is 74.5 Å². The van der Waals surface area contributed by atoms with Gasteiger partial charge in [-0.3, -0.25) is 4.68 Å². The second kappa shape index (κ2) is 16.7. The molecule has 3 aromatic carbocycles. The molecule has 0 atom stereocenters. The van der Waals surface area contributed by atoms with E-state index in [-0.39, 0.29) is 17.4 Å². The van der Waals surface area contributed by atoms with Crippen LogP contribution in [0.25, 0.3) is 22.4 Å². The van der Waals surface area contributed by atoms with Crippen molar-refractivity contribution in [3.8, 4) is 23.0 Å². The lowest BCUT2D eigenvalue weighted by Crippen LogP contribution is -2.26. The van der Waals surface area contributed by atoms with Gasteiger partial charge < -0.3 is 19.2 Å². The summed E-state index contributed by atoms with van der Waals surface area (Å²) in [6.45, 7) is 14.2. The number of aromatic nitrogens is 6. The first-order chi connectivity index (χ1) is 25.1. The van der Waals surface area contributed by atoms with Crippen LogP contribution in [0.5, 0.6) is 11.5 Å². The molecule has 0 aliphatic carbocycles. The van der Waals surface area contributed by atoms with E-state index in [0.717, 1.165) is 20.7 Å². The number of nitrogens with zero attached hydrogens (tertiary/aromatic N) is 6. The molecule has 0 unspecified atom stereocenters. The fraction of sp³-hybridized carbons (Fsp3) is 0.308. The maximum Gasteiger partial charge on any atom is 0.213 e. The van der Waals surface area contributed by atoms with Gasteiger partial charge in [-0.15, -0.1) is 0 Å². The van der Waals surface area contributed by atoms with E-state index in [1.165, 1.54) is 17.8 Å². The van der Waals surface area contributed by atoms with Gasteiger partial charge in [0, 0.05) is 46.0 Å². The minimum atomic E-state index is -0.940. The summed E-state index contributed by atoms with van der Waals surface area (Å²) in [6, 6.07) is 22.8. The third-order valence-electron chi connectivity index (χ3n) is 8.29. The Bertz CT molecular complexity index is 2130. The zero-order valence-electron chi connectivity index (χ0n) is 30.3. The molecule has 0 bridgehead atoms. The van der Waals surface area contributed by atoms with Crippen LogP contribution in [0.4, 0.5) is 16.0 Å². The number of anilines is 2. The molecule has 10 nitrogen and oxygen atoms in total. The Labute approximate surface area is 309 Å². The van der Waals surface area contributed by atoms with Crippen LogP contribution in [-0.2, 0) is 11.0 Å². The van der Waals surface area contributed by atoms with Gasteiger partial charge in [-0.05, 0) is 55.8 Å². The maximum absolute atomic E-state index is 15.9.